The van der Waals surface area contributed by atoms with Gasteiger partial charge in [-0.05, 0) is 19.3 Å². The van der Waals surface area contributed by atoms with E-state index in [2.05, 4.69) is 10.7 Å². The number of hydrazine groups is 1. The number of hydrogen-bond donors (Lipinski definition) is 2. The molecule has 2 aliphatic rings. The molecule has 0 aromatic rings. The maximum absolute atomic E-state index is 12.4. The summed E-state index contributed by atoms with van der Waals surface area (Å²) in [4.78, 5) is 36.4. The van der Waals surface area contributed by atoms with Gasteiger partial charge >= 0.3 is 6.03 Å². The lowest BCUT2D eigenvalue weighted by atomic mass is 9.82. The summed E-state index contributed by atoms with van der Waals surface area (Å²) < 4.78 is 0. The number of rotatable bonds is 4. The van der Waals surface area contributed by atoms with Gasteiger partial charge in [-0.25, -0.2) is 4.79 Å². The summed E-state index contributed by atoms with van der Waals surface area (Å²) in [5.41, 5.74) is 1.69. The van der Waals surface area contributed by atoms with Crippen molar-refractivity contribution >= 4 is 17.8 Å². The molecule has 20 heavy (non-hydrogen) atoms. The highest BCUT2D eigenvalue weighted by Crippen LogP contribution is 2.33. The summed E-state index contributed by atoms with van der Waals surface area (Å²) in [6.45, 7) is 3.79. The number of carbonyl (C=O) groups is 3. The van der Waals surface area contributed by atoms with Crippen LogP contribution in [0.4, 0.5) is 4.79 Å². The summed E-state index contributed by atoms with van der Waals surface area (Å²) in [7, 11) is 0. The number of hydrogen-bond acceptors (Lipinski definition) is 3. The van der Waals surface area contributed by atoms with Crippen LogP contribution in [0.2, 0.25) is 0 Å². The number of imide groups is 1. The second-order valence-corrected chi connectivity index (χ2v) is 5.88. The third-order valence-electron chi connectivity index (χ3n) is 4.26. The van der Waals surface area contributed by atoms with Crippen molar-refractivity contribution in [1.29, 1.82) is 0 Å². The van der Waals surface area contributed by atoms with Gasteiger partial charge in [-0.15, -0.1) is 0 Å². The average molecular weight is 281 g/mol. The molecule has 0 bridgehead atoms. The SMILES string of the molecule is CCCC(C)C(=O)NN1C(=O)NC2(CCCCC2)C1=O. The highest BCUT2D eigenvalue weighted by atomic mass is 16.2. The number of nitrogens with zero attached hydrogens (tertiary/aromatic N) is 1. The number of urea groups is 1. The van der Waals surface area contributed by atoms with E-state index in [1.807, 2.05) is 6.92 Å². The zero-order valence-corrected chi connectivity index (χ0v) is 12.2. The maximum atomic E-state index is 12.4. The van der Waals surface area contributed by atoms with Crippen LogP contribution in [0.5, 0.6) is 0 Å². The Balaban J connectivity index is 2.04. The first-order chi connectivity index (χ1) is 9.50. The van der Waals surface area contributed by atoms with Crippen molar-refractivity contribution in [3.05, 3.63) is 0 Å². The maximum Gasteiger partial charge on any atom is 0.344 e. The van der Waals surface area contributed by atoms with E-state index in [0.717, 1.165) is 37.1 Å². The van der Waals surface area contributed by atoms with Crippen LogP contribution in [-0.4, -0.2) is 28.4 Å². The fraction of sp³-hybridized carbons (Fsp3) is 0.786. The number of nitrogens with one attached hydrogen (secondary N) is 2. The quantitative estimate of drug-likeness (QED) is 0.770. The van der Waals surface area contributed by atoms with E-state index in [1.54, 1.807) is 6.92 Å². The molecule has 2 N–H and O–H groups in total. The molecule has 2 rings (SSSR count). The molecule has 0 aromatic heterocycles. The normalized spacial score (nSPS) is 22.8. The smallest absolute Gasteiger partial charge is 0.322 e. The van der Waals surface area contributed by atoms with Gasteiger partial charge in [0.1, 0.15) is 5.54 Å². The van der Waals surface area contributed by atoms with E-state index in [0.29, 0.717) is 12.8 Å². The second-order valence-electron chi connectivity index (χ2n) is 5.88. The van der Waals surface area contributed by atoms with E-state index in [9.17, 15) is 14.4 Å². The van der Waals surface area contributed by atoms with Gasteiger partial charge in [0.05, 0.1) is 0 Å². The fourth-order valence-electron chi connectivity index (χ4n) is 3.00. The Morgan fingerprint density at radius 1 is 1.35 bits per heavy atom. The predicted molar refractivity (Wildman–Crippen MR) is 73.4 cm³/mol. The Bertz CT molecular complexity index is 416. The minimum absolute atomic E-state index is 0.205. The van der Waals surface area contributed by atoms with Gasteiger partial charge in [-0.3, -0.25) is 15.0 Å². The van der Waals surface area contributed by atoms with Crippen LogP contribution in [0, 0.1) is 5.92 Å². The molecule has 1 atom stereocenters. The van der Waals surface area contributed by atoms with Crippen LogP contribution in [0.1, 0.15) is 58.8 Å². The van der Waals surface area contributed by atoms with Crippen LogP contribution < -0.4 is 10.7 Å². The van der Waals surface area contributed by atoms with Crippen LogP contribution in [0.15, 0.2) is 0 Å². The van der Waals surface area contributed by atoms with Gasteiger partial charge in [0.2, 0.25) is 5.91 Å². The van der Waals surface area contributed by atoms with Gasteiger partial charge in [0.25, 0.3) is 5.91 Å². The molecule has 1 heterocycles. The average Bonchev–Trinajstić information content (AvgIpc) is 2.64. The summed E-state index contributed by atoms with van der Waals surface area (Å²) in [6, 6.07) is -0.506. The molecule has 1 aliphatic carbocycles. The lowest BCUT2D eigenvalue weighted by molar-refractivity contribution is -0.141. The van der Waals surface area contributed by atoms with E-state index in [1.165, 1.54) is 0 Å². The van der Waals surface area contributed by atoms with Crippen molar-refractivity contribution in [2.75, 3.05) is 0 Å². The molecular weight excluding hydrogens is 258 g/mol. The molecule has 1 saturated heterocycles. The van der Waals surface area contributed by atoms with E-state index in [4.69, 9.17) is 0 Å². The van der Waals surface area contributed by atoms with Crippen LogP contribution in [-0.2, 0) is 9.59 Å². The minimum Gasteiger partial charge on any atom is -0.322 e. The van der Waals surface area contributed by atoms with Crippen molar-refractivity contribution in [3.8, 4) is 0 Å². The molecule has 0 aromatic carbocycles. The first-order valence-electron chi connectivity index (χ1n) is 7.47. The highest BCUT2D eigenvalue weighted by Gasteiger charge is 2.52. The number of carbonyl (C=O) groups excluding carboxylic acids is 3. The van der Waals surface area contributed by atoms with Crippen LogP contribution in [0.25, 0.3) is 0 Å². The second kappa shape index (κ2) is 5.81. The van der Waals surface area contributed by atoms with Crippen LogP contribution in [0.3, 0.4) is 0 Å². The van der Waals surface area contributed by atoms with Crippen molar-refractivity contribution in [2.45, 2.75) is 64.3 Å². The zero-order valence-electron chi connectivity index (χ0n) is 12.2. The van der Waals surface area contributed by atoms with Crippen molar-refractivity contribution in [2.24, 2.45) is 5.92 Å². The molecule has 0 radical (unpaired) electrons. The summed E-state index contributed by atoms with van der Waals surface area (Å²) in [5, 5.41) is 3.64. The topological polar surface area (TPSA) is 78.5 Å². The van der Waals surface area contributed by atoms with E-state index >= 15 is 0 Å². The molecule has 1 unspecified atom stereocenters. The Morgan fingerprint density at radius 2 is 2.00 bits per heavy atom. The lowest BCUT2D eigenvalue weighted by Gasteiger charge is -2.30. The zero-order chi connectivity index (χ0) is 14.8. The third-order valence-corrected chi connectivity index (χ3v) is 4.26. The van der Waals surface area contributed by atoms with Crippen molar-refractivity contribution in [1.82, 2.24) is 15.8 Å². The summed E-state index contributed by atoms with van der Waals surface area (Å²) in [5.74, 6) is -0.786. The van der Waals surface area contributed by atoms with Gasteiger partial charge in [0.15, 0.2) is 0 Å². The van der Waals surface area contributed by atoms with Crippen LogP contribution >= 0.6 is 0 Å². The van der Waals surface area contributed by atoms with Gasteiger partial charge < -0.3 is 5.32 Å². The monoisotopic (exact) mass is 281 g/mol. The molecule has 6 heteroatoms. The molecule has 4 amide bonds. The van der Waals surface area contributed by atoms with E-state index in [-0.39, 0.29) is 17.7 Å². The first-order valence-corrected chi connectivity index (χ1v) is 7.47. The Kier molecular flexibility index (Phi) is 4.30. The predicted octanol–water partition coefficient (Wildman–Crippen LogP) is 1.71. The first kappa shape index (κ1) is 14.8. The van der Waals surface area contributed by atoms with Crippen molar-refractivity contribution in [3.63, 3.8) is 0 Å². The molecule has 112 valence electrons. The van der Waals surface area contributed by atoms with E-state index < -0.39 is 11.6 Å². The molecule has 2 fully saturated rings. The lowest BCUT2D eigenvalue weighted by Crippen LogP contribution is -2.51. The molecule has 1 spiro atoms. The summed E-state index contributed by atoms with van der Waals surface area (Å²) in [6.07, 6.45) is 5.90. The standard InChI is InChI=1S/C14H23N3O3/c1-3-7-10(2)11(18)16-17-12(19)14(15-13(17)20)8-5-4-6-9-14/h10H,3-9H2,1-2H3,(H,15,20)(H,16,18). The Morgan fingerprint density at radius 3 is 2.60 bits per heavy atom. The molecular formula is C14H23N3O3. The third kappa shape index (κ3) is 2.64. The van der Waals surface area contributed by atoms with Gasteiger partial charge in [-0.1, -0.05) is 39.5 Å². The Labute approximate surface area is 119 Å². The van der Waals surface area contributed by atoms with Crippen molar-refractivity contribution < 1.29 is 14.4 Å². The molecule has 1 aliphatic heterocycles. The minimum atomic E-state index is -0.781. The van der Waals surface area contributed by atoms with Gasteiger partial charge in [0, 0.05) is 5.92 Å². The molecule has 1 saturated carbocycles. The number of amides is 4. The summed E-state index contributed by atoms with van der Waals surface area (Å²) >= 11 is 0. The molecule has 6 nitrogen and oxygen atoms in total. The Hall–Kier alpha value is -1.59. The highest BCUT2D eigenvalue weighted by molar-refractivity contribution is 6.08. The largest absolute Gasteiger partial charge is 0.344 e. The van der Waals surface area contributed by atoms with Gasteiger partial charge in [-0.2, -0.15) is 5.01 Å². The fourth-order valence-corrected chi connectivity index (χ4v) is 3.00.